The van der Waals surface area contributed by atoms with Gasteiger partial charge in [0.15, 0.2) is 11.3 Å². The molecule has 0 unspecified atom stereocenters. The zero-order valence-corrected chi connectivity index (χ0v) is 18.4. The van der Waals surface area contributed by atoms with E-state index >= 15 is 0 Å². The number of esters is 1. The van der Waals surface area contributed by atoms with E-state index in [1.165, 1.54) is 11.3 Å². The van der Waals surface area contributed by atoms with Crippen molar-refractivity contribution in [1.82, 2.24) is 14.6 Å². The second-order valence-corrected chi connectivity index (χ2v) is 8.62. The molecule has 3 heterocycles. The fourth-order valence-corrected chi connectivity index (χ4v) is 4.97. The van der Waals surface area contributed by atoms with Crippen molar-refractivity contribution in [3.63, 3.8) is 0 Å². The van der Waals surface area contributed by atoms with Gasteiger partial charge in [-0.15, -0.1) is 11.3 Å². The standard InChI is InChI=1S/C21H20F4N4O3S/c1-2-7-32-21(31)16-10-5-3-4-6-14(10)33-20(16)27-19(30)12-9-15-26-11(17(22)23)8-13(18(24)25)29(15)28-12/h8-9,17-18H,2-7H2,1H3,(H,27,30). The minimum Gasteiger partial charge on any atom is -0.462 e. The lowest BCUT2D eigenvalue weighted by Gasteiger charge is -2.12. The summed E-state index contributed by atoms with van der Waals surface area (Å²) in [6.07, 6.45) is -2.19. The topological polar surface area (TPSA) is 85.6 Å². The van der Waals surface area contributed by atoms with Crippen LogP contribution in [0.3, 0.4) is 0 Å². The summed E-state index contributed by atoms with van der Waals surface area (Å²) in [5, 5.41) is 6.76. The quantitative estimate of drug-likeness (QED) is 0.360. The molecule has 176 valence electrons. The maximum Gasteiger partial charge on any atom is 0.341 e. The van der Waals surface area contributed by atoms with E-state index in [4.69, 9.17) is 4.74 Å². The van der Waals surface area contributed by atoms with Gasteiger partial charge in [-0.25, -0.2) is 31.9 Å². The lowest BCUT2D eigenvalue weighted by molar-refractivity contribution is 0.0505. The van der Waals surface area contributed by atoms with Crippen LogP contribution in [0.1, 0.15) is 81.7 Å². The number of halogens is 4. The third-order valence-electron chi connectivity index (χ3n) is 5.19. The molecule has 0 bridgehead atoms. The van der Waals surface area contributed by atoms with Crippen LogP contribution >= 0.6 is 11.3 Å². The van der Waals surface area contributed by atoms with Gasteiger partial charge in [-0.05, 0) is 43.7 Å². The second kappa shape index (κ2) is 9.46. The number of nitrogens with zero attached hydrogens (tertiary/aromatic N) is 3. The highest BCUT2D eigenvalue weighted by atomic mass is 32.1. The molecular formula is C21H20F4N4O3S. The molecule has 0 saturated heterocycles. The Bertz CT molecular complexity index is 1210. The van der Waals surface area contributed by atoms with Gasteiger partial charge in [-0.1, -0.05) is 6.92 Å². The van der Waals surface area contributed by atoms with Crippen LogP contribution in [-0.2, 0) is 17.6 Å². The number of fused-ring (bicyclic) bond motifs is 2. The van der Waals surface area contributed by atoms with Gasteiger partial charge in [0.2, 0.25) is 0 Å². The van der Waals surface area contributed by atoms with Crippen molar-refractivity contribution in [2.75, 3.05) is 11.9 Å². The van der Waals surface area contributed by atoms with E-state index in [1.807, 2.05) is 6.92 Å². The Hall–Kier alpha value is -3.02. The Morgan fingerprint density at radius 2 is 1.94 bits per heavy atom. The normalized spacial score (nSPS) is 13.5. The van der Waals surface area contributed by atoms with Gasteiger partial charge in [0, 0.05) is 10.9 Å². The predicted molar refractivity (Wildman–Crippen MR) is 112 cm³/mol. The molecule has 0 aromatic carbocycles. The highest BCUT2D eigenvalue weighted by molar-refractivity contribution is 7.17. The molecule has 3 aromatic rings. The van der Waals surface area contributed by atoms with Crippen LogP contribution in [0.2, 0.25) is 0 Å². The van der Waals surface area contributed by atoms with Gasteiger partial charge >= 0.3 is 5.97 Å². The number of hydrogen-bond acceptors (Lipinski definition) is 6. The summed E-state index contributed by atoms with van der Waals surface area (Å²) in [4.78, 5) is 30.2. The van der Waals surface area contributed by atoms with Crippen molar-refractivity contribution in [1.29, 1.82) is 0 Å². The molecule has 0 saturated carbocycles. The van der Waals surface area contributed by atoms with Crippen LogP contribution < -0.4 is 5.32 Å². The van der Waals surface area contributed by atoms with Crippen LogP contribution in [0, 0.1) is 0 Å². The molecule has 0 spiro atoms. The monoisotopic (exact) mass is 484 g/mol. The molecule has 0 aliphatic heterocycles. The first-order valence-corrected chi connectivity index (χ1v) is 11.2. The fourth-order valence-electron chi connectivity index (χ4n) is 3.70. The van der Waals surface area contributed by atoms with Crippen molar-refractivity contribution in [3.05, 3.63) is 45.2 Å². The first-order valence-electron chi connectivity index (χ1n) is 10.4. The van der Waals surface area contributed by atoms with Crippen molar-refractivity contribution < 1.29 is 31.9 Å². The molecule has 0 radical (unpaired) electrons. The number of anilines is 1. The van der Waals surface area contributed by atoms with Crippen LogP contribution in [0.25, 0.3) is 5.65 Å². The van der Waals surface area contributed by atoms with Gasteiger partial charge < -0.3 is 10.1 Å². The lowest BCUT2D eigenvalue weighted by atomic mass is 9.95. The minimum absolute atomic E-state index is 0.234. The third-order valence-corrected chi connectivity index (χ3v) is 6.40. The Morgan fingerprint density at radius 3 is 2.64 bits per heavy atom. The second-order valence-electron chi connectivity index (χ2n) is 7.51. The molecule has 3 aromatic heterocycles. The number of hydrogen-bond donors (Lipinski definition) is 1. The summed E-state index contributed by atoms with van der Waals surface area (Å²) in [7, 11) is 0. The number of carbonyl (C=O) groups excluding carboxylic acids is 2. The number of aryl methyl sites for hydroxylation is 1. The van der Waals surface area contributed by atoms with Gasteiger partial charge in [-0.3, -0.25) is 4.79 Å². The lowest BCUT2D eigenvalue weighted by Crippen LogP contribution is -2.16. The van der Waals surface area contributed by atoms with E-state index in [9.17, 15) is 27.2 Å². The zero-order chi connectivity index (χ0) is 23.7. The molecule has 1 N–H and O–H groups in total. The molecule has 4 rings (SSSR count). The number of rotatable bonds is 7. The summed E-state index contributed by atoms with van der Waals surface area (Å²) in [5.41, 5.74) is -1.09. The van der Waals surface area contributed by atoms with E-state index < -0.39 is 36.1 Å². The Morgan fingerprint density at radius 1 is 1.18 bits per heavy atom. The van der Waals surface area contributed by atoms with Crippen LogP contribution in [0.5, 0.6) is 0 Å². The molecule has 12 heteroatoms. The molecule has 0 fully saturated rings. The third kappa shape index (κ3) is 4.56. The Labute approximate surface area is 189 Å². The fraction of sp³-hybridized carbons (Fsp3) is 0.429. The molecular weight excluding hydrogens is 464 g/mol. The van der Waals surface area contributed by atoms with Crippen LogP contribution in [-0.4, -0.2) is 33.1 Å². The van der Waals surface area contributed by atoms with E-state index in [-0.39, 0.29) is 17.9 Å². The summed E-state index contributed by atoms with van der Waals surface area (Å²) in [5.74, 6) is -1.31. The molecule has 7 nitrogen and oxygen atoms in total. The number of thiophene rings is 1. The van der Waals surface area contributed by atoms with E-state index in [2.05, 4.69) is 15.4 Å². The van der Waals surface area contributed by atoms with Crippen molar-refractivity contribution in [2.24, 2.45) is 0 Å². The van der Waals surface area contributed by atoms with Gasteiger partial charge in [0.25, 0.3) is 18.8 Å². The zero-order valence-electron chi connectivity index (χ0n) is 17.5. The van der Waals surface area contributed by atoms with Gasteiger partial charge in [-0.2, -0.15) is 5.10 Å². The van der Waals surface area contributed by atoms with Crippen molar-refractivity contribution in [2.45, 2.75) is 51.9 Å². The van der Waals surface area contributed by atoms with Crippen molar-refractivity contribution >= 4 is 33.9 Å². The largest absolute Gasteiger partial charge is 0.462 e. The molecule has 0 atom stereocenters. The van der Waals surface area contributed by atoms with E-state index in [1.54, 1.807) is 0 Å². The number of carbonyl (C=O) groups is 2. The van der Waals surface area contributed by atoms with E-state index in [0.29, 0.717) is 34.0 Å². The molecule has 1 amide bonds. The number of amides is 1. The summed E-state index contributed by atoms with van der Waals surface area (Å²) < 4.78 is 58.8. The van der Waals surface area contributed by atoms with Crippen molar-refractivity contribution in [3.8, 4) is 0 Å². The van der Waals surface area contributed by atoms with Gasteiger partial charge in [0.05, 0.1) is 12.2 Å². The highest BCUT2D eigenvalue weighted by Crippen LogP contribution is 2.39. The Balaban J connectivity index is 1.69. The average Bonchev–Trinajstić information content (AvgIpc) is 3.37. The van der Waals surface area contributed by atoms with Gasteiger partial charge in [0.1, 0.15) is 16.4 Å². The number of ether oxygens (including phenoxy) is 1. The Kier molecular flexibility index (Phi) is 6.63. The highest BCUT2D eigenvalue weighted by Gasteiger charge is 2.28. The first-order chi connectivity index (χ1) is 15.8. The maximum atomic E-state index is 13.4. The SMILES string of the molecule is CCCOC(=O)c1c(NC(=O)c2cc3nc(C(F)F)cc(C(F)F)n3n2)sc2c1CCCC2. The maximum absolute atomic E-state index is 13.4. The predicted octanol–water partition coefficient (Wildman–Crippen LogP) is 5.36. The van der Waals surface area contributed by atoms with Crippen LogP contribution in [0.15, 0.2) is 12.1 Å². The first kappa shape index (κ1) is 23.1. The number of nitrogens with one attached hydrogen (secondary N) is 1. The summed E-state index contributed by atoms with van der Waals surface area (Å²) in [6.45, 7) is 2.10. The number of alkyl halides is 4. The van der Waals surface area contributed by atoms with Crippen LogP contribution in [0.4, 0.5) is 22.6 Å². The number of aromatic nitrogens is 3. The minimum atomic E-state index is -3.10. The smallest absolute Gasteiger partial charge is 0.341 e. The summed E-state index contributed by atoms with van der Waals surface area (Å²) in [6, 6.07) is 1.61. The molecule has 33 heavy (non-hydrogen) atoms. The average molecular weight is 484 g/mol. The summed E-state index contributed by atoms with van der Waals surface area (Å²) >= 11 is 1.27. The van der Waals surface area contributed by atoms with E-state index in [0.717, 1.165) is 35.8 Å². The molecule has 1 aliphatic rings. The molecule has 1 aliphatic carbocycles.